The molecule has 4 rings (SSSR count). The van der Waals surface area contributed by atoms with Gasteiger partial charge in [-0.15, -0.1) is 0 Å². The molecular formula is C20H20N4O5S. The lowest BCUT2D eigenvalue weighted by molar-refractivity contribution is -0.384. The average Bonchev–Trinajstić information content (AvgIpc) is 3.41. The molecule has 0 aliphatic carbocycles. The minimum absolute atomic E-state index is 0.0934. The van der Waals surface area contributed by atoms with Gasteiger partial charge in [0.1, 0.15) is 17.0 Å². The molecule has 156 valence electrons. The lowest BCUT2D eigenvalue weighted by Crippen LogP contribution is -2.27. The Morgan fingerprint density at radius 3 is 2.60 bits per heavy atom. The van der Waals surface area contributed by atoms with Crippen LogP contribution in [-0.2, 0) is 10.0 Å². The minimum atomic E-state index is -3.75. The van der Waals surface area contributed by atoms with E-state index in [1.807, 2.05) is 30.3 Å². The number of nitro benzene ring substituents is 1. The third-order valence-corrected chi connectivity index (χ3v) is 6.89. The number of anilines is 1. The van der Waals surface area contributed by atoms with Gasteiger partial charge in [0.2, 0.25) is 10.0 Å². The van der Waals surface area contributed by atoms with E-state index < -0.39 is 14.9 Å². The van der Waals surface area contributed by atoms with Crippen LogP contribution in [-0.4, -0.2) is 36.4 Å². The van der Waals surface area contributed by atoms with Gasteiger partial charge in [-0.05, 0) is 44.0 Å². The third-order valence-electron chi connectivity index (χ3n) is 4.99. The van der Waals surface area contributed by atoms with Crippen molar-refractivity contribution in [1.29, 1.82) is 0 Å². The summed E-state index contributed by atoms with van der Waals surface area (Å²) < 4.78 is 32.5. The van der Waals surface area contributed by atoms with Crippen molar-refractivity contribution in [2.24, 2.45) is 5.10 Å². The number of sulfonamides is 1. The zero-order valence-corrected chi connectivity index (χ0v) is 17.1. The normalized spacial score (nSPS) is 15.6. The molecule has 10 heteroatoms. The molecule has 1 aliphatic heterocycles. The summed E-state index contributed by atoms with van der Waals surface area (Å²) in [6.07, 6.45) is 1.58. The van der Waals surface area contributed by atoms with Crippen LogP contribution in [0.3, 0.4) is 0 Å². The molecule has 1 aromatic heterocycles. The van der Waals surface area contributed by atoms with Gasteiger partial charge in [0.05, 0.1) is 9.82 Å². The number of benzene rings is 2. The SMILES string of the molecule is C/C(=N\Nc1ccc(S(=O)(=O)N2CCCC2)cc1[N+](=O)[O-])c1cc2ccccc2o1. The molecule has 3 aromatic rings. The average molecular weight is 428 g/mol. The van der Waals surface area contributed by atoms with Crippen molar-refractivity contribution in [2.75, 3.05) is 18.5 Å². The first-order valence-corrected chi connectivity index (χ1v) is 10.9. The molecule has 0 radical (unpaired) electrons. The van der Waals surface area contributed by atoms with E-state index in [-0.39, 0.29) is 16.3 Å². The Balaban J connectivity index is 1.62. The number of hydrogen-bond acceptors (Lipinski definition) is 7. The van der Waals surface area contributed by atoms with Gasteiger partial charge in [0.25, 0.3) is 5.69 Å². The molecule has 0 bridgehead atoms. The van der Waals surface area contributed by atoms with E-state index in [2.05, 4.69) is 10.5 Å². The monoisotopic (exact) mass is 428 g/mol. The lowest BCUT2D eigenvalue weighted by atomic mass is 10.2. The molecule has 0 spiro atoms. The molecule has 30 heavy (non-hydrogen) atoms. The summed E-state index contributed by atoms with van der Waals surface area (Å²) in [7, 11) is -3.75. The number of hydrazone groups is 1. The molecular weight excluding hydrogens is 408 g/mol. The molecule has 0 saturated carbocycles. The Kier molecular flexibility index (Phi) is 5.27. The van der Waals surface area contributed by atoms with Crippen LogP contribution >= 0.6 is 0 Å². The summed E-state index contributed by atoms with van der Waals surface area (Å²) in [4.78, 5) is 10.8. The van der Waals surface area contributed by atoms with E-state index in [0.29, 0.717) is 30.1 Å². The maximum atomic E-state index is 12.7. The highest BCUT2D eigenvalue weighted by atomic mass is 32.2. The van der Waals surface area contributed by atoms with Crippen LogP contribution in [0.4, 0.5) is 11.4 Å². The van der Waals surface area contributed by atoms with Gasteiger partial charge in [0, 0.05) is 24.5 Å². The number of rotatable bonds is 6. The second kappa shape index (κ2) is 7.88. The van der Waals surface area contributed by atoms with Gasteiger partial charge < -0.3 is 4.42 Å². The Hall–Kier alpha value is -3.24. The Bertz CT molecular complexity index is 1210. The quantitative estimate of drug-likeness (QED) is 0.361. The van der Waals surface area contributed by atoms with E-state index >= 15 is 0 Å². The predicted molar refractivity (Wildman–Crippen MR) is 113 cm³/mol. The highest BCUT2D eigenvalue weighted by Gasteiger charge is 2.29. The summed E-state index contributed by atoms with van der Waals surface area (Å²) in [5.41, 5.74) is 3.60. The van der Waals surface area contributed by atoms with Crippen LogP contribution in [0, 0.1) is 10.1 Å². The molecule has 0 atom stereocenters. The number of hydrogen-bond donors (Lipinski definition) is 1. The van der Waals surface area contributed by atoms with Gasteiger partial charge in [-0.1, -0.05) is 18.2 Å². The number of nitrogens with one attached hydrogen (secondary N) is 1. The molecule has 1 N–H and O–H groups in total. The summed E-state index contributed by atoms with van der Waals surface area (Å²) in [6.45, 7) is 2.57. The van der Waals surface area contributed by atoms with Crippen LogP contribution < -0.4 is 5.43 Å². The van der Waals surface area contributed by atoms with Gasteiger partial charge in [-0.25, -0.2) is 8.42 Å². The highest BCUT2D eigenvalue weighted by molar-refractivity contribution is 7.89. The smallest absolute Gasteiger partial charge is 0.295 e. The number of nitro groups is 1. The predicted octanol–water partition coefficient (Wildman–Crippen LogP) is 3.96. The second-order valence-corrected chi connectivity index (χ2v) is 8.94. The van der Waals surface area contributed by atoms with Gasteiger partial charge in [-0.2, -0.15) is 9.41 Å². The number of para-hydroxylation sites is 1. The number of nitrogens with zero attached hydrogens (tertiary/aromatic N) is 3. The fraction of sp³-hybridized carbons (Fsp3) is 0.250. The van der Waals surface area contributed by atoms with Crippen molar-refractivity contribution in [3.8, 4) is 0 Å². The van der Waals surface area contributed by atoms with E-state index in [0.717, 1.165) is 24.3 Å². The summed E-state index contributed by atoms with van der Waals surface area (Å²) >= 11 is 0. The van der Waals surface area contributed by atoms with E-state index in [9.17, 15) is 18.5 Å². The van der Waals surface area contributed by atoms with Crippen LogP contribution in [0.15, 0.2) is 62.9 Å². The first-order chi connectivity index (χ1) is 14.4. The molecule has 9 nitrogen and oxygen atoms in total. The minimum Gasteiger partial charge on any atom is -0.455 e. The lowest BCUT2D eigenvalue weighted by Gasteiger charge is -2.15. The maximum Gasteiger partial charge on any atom is 0.295 e. The summed E-state index contributed by atoms with van der Waals surface area (Å²) in [5.74, 6) is 0.527. The van der Waals surface area contributed by atoms with Crippen LogP contribution in [0.1, 0.15) is 25.5 Å². The molecule has 1 fully saturated rings. The zero-order valence-electron chi connectivity index (χ0n) is 16.2. The summed E-state index contributed by atoms with van der Waals surface area (Å²) in [6, 6.07) is 13.1. The zero-order chi connectivity index (χ0) is 21.3. The van der Waals surface area contributed by atoms with Crippen molar-refractivity contribution < 1.29 is 17.8 Å². The van der Waals surface area contributed by atoms with Gasteiger partial charge in [-0.3, -0.25) is 15.5 Å². The van der Waals surface area contributed by atoms with E-state index in [1.54, 1.807) is 6.92 Å². The molecule has 1 aliphatic rings. The van der Waals surface area contributed by atoms with Crippen LogP contribution in [0.5, 0.6) is 0 Å². The van der Waals surface area contributed by atoms with E-state index in [4.69, 9.17) is 4.42 Å². The van der Waals surface area contributed by atoms with Crippen molar-refractivity contribution in [2.45, 2.75) is 24.7 Å². The van der Waals surface area contributed by atoms with E-state index in [1.165, 1.54) is 16.4 Å². The topological polar surface area (TPSA) is 118 Å². The van der Waals surface area contributed by atoms with Crippen molar-refractivity contribution in [1.82, 2.24) is 4.31 Å². The summed E-state index contributed by atoms with van der Waals surface area (Å²) in [5, 5.41) is 16.6. The number of furan rings is 1. The molecule has 2 heterocycles. The Labute approximate surface area is 173 Å². The first kappa shape index (κ1) is 20.0. The fourth-order valence-corrected chi connectivity index (χ4v) is 4.89. The third kappa shape index (κ3) is 3.79. The highest BCUT2D eigenvalue weighted by Crippen LogP contribution is 2.30. The number of fused-ring (bicyclic) bond motifs is 1. The van der Waals surface area contributed by atoms with Crippen molar-refractivity contribution in [3.05, 3.63) is 64.4 Å². The molecule has 0 amide bonds. The largest absolute Gasteiger partial charge is 0.455 e. The van der Waals surface area contributed by atoms with Crippen molar-refractivity contribution >= 4 is 38.1 Å². The van der Waals surface area contributed by atoms with Crippen LogP contribution in [0.2, 0.25) is 0 Å². The first-order valence-electron chi connectivity index (χ1n) is 9.44. The second-order valence-electron chi connectivity index (χ2n) is 7.00. The van der Waals surface area contributed by atoms with Gasteiger partial charge in [0.15, 0.2) is 5.76 Å². The Morgan fingerprint density at radius 2 is 1.90 bits per heavy atom. The van der Waals surface area contributed by atoms with Crippen LogP contribution in [0.25, 0.3) is 11.0 Å². The molecule has 2 aromatic carbocycles. The van der Waals surface area contributed by atoms with Gasteiger partial charge >= 0.3 is 0 Å². The fourth-order valence-electron chi connectivity index (χ4n) is 3.35. The molecule has 0 unspecified atom stereocenters. The maximum absolute atomic E-state index is 12.7. The van der Waals surface area contributed by atoms with Crippen molar-refractivity contribution in [3.63, 3.8) is 0 Å². The molecule has 1 saturated heterocycles. The standard InChI is InChI=1S/C20H20N4O5S/c1-14(20-12-15-6-2-3-7-19(15)29-20)21-22-17-9-8-16(13-18(17)24(25)26)30(27,28)23-10-4-5-11-23/h2-3,6-9,12-13,22H,4-5,10-11H2,1H3/b21-14+. The Morgan fingerprint density at radius 1 is 1.17 bits per heavy atom.